The number of aliphatic hydroxyl groups is 1. The summed E-state index contributed by atoms with van der Waals surface area (Å²) in [4.78, 5) is 0. The monoisotopic (exact) mass is 224 g/mol. The van der Waals surface area contributed by atoms with Crippen LogP contribution in [0.3, 0.4) is 0 Å². The third-order valence-electron chi connectivity index (χ3n) is 5.59. The fourth-order valence-corrected chi connectivity index (χ4v) is 4.30. The highest BCUT2D eigenvalue weighted by molar-refractivity contribution is 4.97. The second kappa shape index (κ2) is 4.01. The summed E-state index contributed by atoms with van der Waals surface area (Å²) >= 11 is 0. The summed E-state index contributed by atoms with van der Waals surface area (Å²) in [5.74, 6) is 2.24. The highest BCUT2D eigenvalue weighted by Gasteiger charge is 2.46. The van der Waals surface area contributed by atoms with Gasteiger partial charge in [-0.1, -0.05) is 26.7 Å². The minimum Gasteiger partial charge on any atom is -0.390 e. The van der Waals surface area contributed by atoms with Gasteiger partial charge in [0.2, 0.25) is 0 Å². The Kier molecular flexibility index (Phi) is 3.11. The van der Waals surface area contributed by atoms with Crippen LogP contribution in [-0.2, 0) is 0 Å². The maximum absolute atomic E-state index is 10.2. The molecule has 0 aliphatic heterocycles. The maximum Gasteiger partial charge on any atom is 0.0619 e. The van der Waals surface area contributed by atoms with Gasteiger partial charge in [0, 0.05) is 0 Å². The standard InChI is InChI=1S/C15H28O/c1-11-6-5-8-15(4)9-7-12(10-13(11)15)14(2,3)16/h11-13,16H,5-10H2,1-4H3/t11-,12+,13+,15+/m0/s1. The van der Waals surface area contributed by atoms with Crippen molar-refractivity contribution in [3.63, 3.8) is 0 Å². The van der Waals surface area contributed by atoms with Gasteiger partial charge in [-0.2, -0.15) is 0 Å². The highest BCUT2D eigenvalue weighted by atomic mass is 16.3. The molecule has 0 aromatic rings. The summed E-state index contributed by atoms with van der Waals surface area (Å²) < 4.78 is 0. The fraction of sp³-hybridized carbons (Fsp3) is 1.00. The molecule has 4 atom stereocenters. The van der Waals surface area contributed by atoms with E-state index in [4.69, 9.17) is 0 Å². The number of hydrogen-bond acceptors (Lipinski definition) is 1. The van der Waals surface area contributed by atoms with Crippen LogP contribution in [0.5, 0.6) is 0 Å². The quantitative estimate of drug-likeness (QED) is 0.714. The molecule has 2 rings (SSSR count). The Labute approximate surface area is 101 Å². The number of rotatable bonds is 1. The van der Waals surface area contributed by atoms with Crippen LogP contribution in [0.2, 0.25) is 0 Å². The molecule has 0 saturated heterocycles. The lowest BCUT2D eigenvalue weighted by molar-refractivity contribution is -0.0686. The average Bonchev–Trinajstić information content (AvgIpc) is 2.15. The van der Waals surface area contributed by atoms with Crippen molar-refractivity contribution in [1.82, 2.24) is 0 Å². The van der Waals surface area contributed by atoms with Crippen molar-refractivity contribution in [2.24, 2.45) is 23.2 Å². The van der Waals surface area contributed by atoms with Crippen LogP contribution in [0.25, 0.3) is 0 Å². The Balaban J connectivity index is 2.12. The number of hydrogen-bond donors (Lipinski definition) is 1. The SMILES string of the molecule is C[C@H]1CCC[C@]2(C)CC[C@@H](C(C)(C)O)C[C@H]12. The average molecular weight is 224 g/mol. The van der Waals surface area contributed by atoms with Gasteiger partial charge in [-0.3, -0.25) is 0 Å². The van der Waals surface area contributed by atoms with Gasteiger partial charge in [-0.05, 0) is 62.7 Å². The maximum atomic E-state index is 10.2. The van der Waals surface area contributed by atoms with E-state index in [0.717, 1.165) is 11.8 Å². The van der Waals surface area contributed by atoms with Gasteiger partial charge in [0.15, 0.2) is 0 Å². The Morgan fingerprint density at radius 3 is 2.50 bits per heavy atom. The molecule has 2 saturated carbocycles. The fourth-order valence-electron chi connectivity index (χ4n) is 4.30. The van der Waals surface area contributed by atoms with Crippen LogP contribution in [0.1, 0.15) is 66.2 Å². The normalized spacial score (nSPS) is 45.2. The van der Waals surface area contributed by atoms with Crippen molar-refractivity contribution in [3.05, 3.63) is 0 Å². The third kappa shape index (κ3) is 2.16. The van der Waals surface area contributed by atoms with E-state index < -0.39 is 5.60 Å². The molecule has 1 heteroatoms. The Morgan fingerprint density at radius 2 is 1.88 bits per heavy atom. The molecule has 0 radical (unpaired) electrons. The lowest BCUT2D eigenvalue weighted by Crippen LogP contribution is -2.45. The predicted octanol–water partition coefficient (Wildman–Crippen LogP) is 4.00. The van der Waals surface area contributed by atoms with E-state index in [1.54, 1.807) is 0 Å². The summed E-state index contributed by atoms with van der Waals surface area (Å²) in [7, 11) is 0. The molecular formula is C15H28O. The molecule has 0 heterocycles. The van der Waals surface area contributed by atoms with Crippen LogP contribution in [0.15, 0.2) is 0 Å². The van der Waals surface area contributed by atoms with Gasteiger partial charge in [0.05, 0.1) is 5.60 Å². The van der Waals surface area contributed by atoms with E-state index in [0.29, 0.717) is 11.3 Å². The first-order chi connectivity index (χ1) is 7.33. The first-order valence-electron chi connectivity index (χ1n) is 7.05. The van der Waals surface area contributed by atoms with Crippen LogP contribution in [-0.4, -0.2) is 10.7 Å². The molecule has 16 heavy (non-hydrogen) atoms. The molecule has 1 N–H and O–H groups in total. The van der Waals surface area contributed by atoms with E-state index in [1.165, 1.54) is 38.5 Å². The first-order valence-corrected chi connectivity index (χ1v) is 7.05. The van der Waals surface area contributed by atoms with Crippen molar-refractivity contribution in [3.8, 4) is 0 Å². The predicted molar refractivity (Wildman–Crippen MR) is 68.3 cm³/mol. The van der Waals surface area contributed by atoms with Crippen LogP contribution < -0.4 is 0 Å². The summed E-state index contributed by atoms with van der Waals surface area (Å²) in [5, 5.41) is 10.2. The van der Waals surface area contributed by atoms with Crippen molar-refractivity contribution < 1.29 is 5.11 Å². The largest absolute Gasteiger partial charge is 0.390 e. The molecule has 2 aliphatic rings. The molecular weight excluding hydrogens is 196 g/mol. The zero-order valence-corrected chi connectivity index (χ0v) is 11.4. The lowest BCUT2D eigenvalue weighted by atomic mass is 9.54. The van der Waals surface area contributed by atoms with Gasteiger partial charge in [0.25, 0.3) is 0 Å². The lowest BCUT2D eigenvalue weighted by Gasteiger charge is -2.52. The molecule has 0 unspecified atom stereocenters. The highest BCUT2D eigenvalue weighted by Crippen LogP contribution is 2.55. The zero-order chi connectivity index (χ0) is 12.0. The number of fused-ring (bicyclic) bond motifs is 1. The van der Waals surface area contributed by atoms with Crippen molar-refractivity contribution in [1.29, 1.82) is 0 Å². The molecule has 0 spiro atoms. The van der Waals surface area contributed by atoms with E-state index in [1.807, 2.05) is 13.8 Å². The molecule has 94 valence electrons. The Hall–Kier alpha value is -0.0400. The zero-order valence-electron chi connectivity index (χ0n) is 11.4. The second-order valence-corrected chi connectivity index (χ2v) is 7.25. The second-order valence-electron chi connectivity index (χ2n) is 7.25. The topological polar surface area (TPSA) is 20.2 Å². The van der Waals surface area contributed by atoms with Gasteiger partial charge >= 0.3 is 0 Å². The summed E-state index contributed by atoms with van der Waals surface area (Å²) in [6, 6.07) is 0. The van der Waals surface area contributed by atoms with Crippen LogP contribution >= 0.6 is 0 Å². The summed E-state index contributed by atoms with van der Waals surface area (Å²) in [6.07, 6.45) is 8.04. The van der Waals surface area contributed by atoms with Crippen molar-refractivity contribution in [2.45, 2.75) is 71.8 Å². The van der Waals surface area contributed by atoms with Gasteiger partial charge in [-0.15, -0.1) is 0 Å². The van der Waals surface area contributed by atoms with Crippen LogP contribution in [0.4, 0.5) is 0 Å². The molecule has 0 bridgehead atoms. The molecule has 2 fully saturated rings. The smallest absolute Gasteiger partial charge is 0.0619 e. The van der Waals surface area contributed by atoms with Crippen molar-refractivity contribution in [2.75, 3.05) is 0 Å². The van der Waals surface area contributed by atoms with E-state index >= 15 is 0 Å². The minimum atomic E-state index is -0.474. The molecule has 0 amide bonds. The molecule has 0 aromatic carbocycles. The Morgan fingerprint density at radius 1 is 1.19 bits per heavy atom. The van der Waals surface area contributed by atoms with E-state index in [2.05, 4.69) is 13.8 Å². The summed E-state index contributed by atoms with van der Waals surface area (Å²) in [6.45, 7) is 8.91. The van der Waals surface area contributed by atoms with Gasteiger partial charge in [-0.25, -0.2) is 0 Å². The minimum absolute atomic E-state index is 0.474. The van der Waals surface area contributed by atoms with Gasteiger partial charge < -0.3 is 5.11 Å². The molecule has 1 nitrogen and oxygen atoms in total. The van der Waals surface area contributed by atoms with E-state index in [-0.39, 0.29) is 0 Å². The van der Waals surface area contributed by atoms with Crippen molar-refractivity contribution >= 4 is 0 Å². The van der Waals surface area contributed by atoms with E-state index in [9.17, 15) is 5.11 Å². The third-order valence-corrected chi connectivity index (χ3v) is 5.59. The molecule has 0 aromatic heterocycles. The summed E-state index contributed by atoms with van der Waals surface area (Å²) in [5.41, 5.74) is 0.109. The van der Waals surface area contributed by atoms with Gasteiger partial charge in [0.1, 0.15) is 0 Å². The first kappa shape index (κ1) is 12.4. The Bertz CT molecular complexity index is 253. The van der Waals surface area contributed by atoms with Crippen LogP contribution in [0, 0.1) is 23.2 Å². The molecule has 2 aliphatic carbocycles.